The third-order valence-electron chi connectivity index (χ3n) is 2.88. The van der Waals surface area contributed by atoms with Gasteiger partial charge in [0.25, 0.3) is 5.91 Å². The van der Waals surface area contributed by atoms with Crippen molar-refractivity contribution in [3.8, 4) is 0 Å². The van der Waals surface area contributed by atoms with Crippen LogP contribution in [0, 0.1) is 0 Å². The molecule has 2 rings (SSSR count). The van der Waals surface area contributed by atoms with Gasteiger partial charge in [0.05, 0.1) is 18.5 Å². The number of nitrogen functional groups attached to an aromatic ring is 1. The van der Waals surface area contributed by atoms with E-state index < -0.39 is 0 Å². The molecule has 20 heavy (non-hydrogen) atoms. The van der Waals surface area contributed by atoms with Gasteiger partial charge < -0.3 is 15.8 Å². The Bertz CT molecular complexity index is 607. The van der Waals surface area contributed by atoms with Crippen LogP contribution in [0.15, 0.2) is 30.5 Å². The van der Waals surface area contributed by atoms with E-state index in [2.05, 4.69) is 10.4 Å². The van der Waals surface area contributed by atoms with Crippen molar-refractivity contribution in [2.24, 2.45) is 0 Å². The molecule has 2 aromatic rings. The summed E-state index contributed by atoms with van der Waals surface area (Å²) in [5.41, 5.74) is 8.23. The smallest absolute Gasteiger partial charge is 0.276 e. The number of benzene rings is 1. The topological polar surface area (TPSA) is 82.2 Å². The molecule has 0 bridgehead atoms. The fraction of sp³-hybridized carbons (Fsp3) is 0.286. The van der Waals surface area contributed by atoms with Gasteiger partial charge in [-0.25, -0.2) is 0 Å². The van der Waals surface area contributed by atoms with E-state index in [0.717, 1.165) is 5.56 Å². The van der Waals surface area contributed by atoms with Crippen LogP contribution in [-0.4, -0.2) is 22.8 Å². The van der Waals surface area contributed by atoms with Gasteiger partial charge in [0.15, 0.2) is 0 Å². The molecule has 1 aromatic heterocycles. The summed E-state index contributed by atoms with van der Waals surface area (Å²) in [6, 6.07) is 7.48. The van der Waals surface area contributed by atoms with E-state index in [1.807, 2.05) is 31.2 Å². The van der Waals surface area contributed by atoms with Crippen LogP contribution in [0.1, 0.15) is 23.0 Å². The molecular formula is C14H18N4O2. The minimum Gasteiger partial charge on any atom is -0.396 e. The number of nitrogens with two attached hydrogens (primary N) is 1. The number of carbonyl (C=O) groups excluding carboxylic acids is 1. The fourth-order valence-corrected chi connectivity index (χ4v) is 1.98. The van der Waals surface area contributed by atoms with Gasteiger partial charge in [-0.05, 0) is 24.6 Å². The molecule has 0 fully saturated rings. The second-order valence-electron chi connectivity index (χ2n) is 4.35. The Morgan fingerprint density at radius 3 is 3.00 bits per heavy atom. The highest BCUT2D eigenvalue weighted by Crippen LogP contribution is 2.16. The summed E-state index contributed by atoms with van der Waals surface area (Å²) in [5, 5.41) is 6.88. The molecular weight excluding hydrogens is 256 g/mol. The zero-order valence-corrected chi connectivity index (χ0v) is 11.6. The molecule has 0 aliphatic carbocycles. The van der Waals surface area contributed by atoms with Crippen molar-refractivity contribution in [3.05, 3.63) is 41.7 Å². The van der Waals surface area contributed by atoms with E-state index in [0.29, 0.717) is 30.2 Å². The lowest BCUT2D eigenvalue weighted by atomic mass is 10.2. The van der Waals surface area contributed by atoms with Gasteiger partial charge in [-0.15, -0.1) is 0 Å². The zero-order chi connectivity index (χ0) is 14.5. The second kappa shape index (κ2) is 6.21. The standard InChI is InChI=1S/C14H18N4O2/c1-3-18-13(12(15)8-16-18)14(19)17-11-6-4-5-10(7-11)9-20-2/h4-8H,3,9,15H2,1-2H3,(H,17,19). The lowest BCUT2D eigenvalue weighted by molar-refractivity contribution is 0.101. The summed E-state index contributed by atoms with van der Waals surface area (Å²) in [6.07, 6.45) is 1.49. The summed E-state index contributed by atoms with van der Waals surface area (Å²) < 4.78 is 6.64. The number of rotatable bonds is 5. The van der Waals surface area contributed by atoms with Crippen LogP contribution in [0.3, 0.4) is 0 Å². The number of anilines is 2. The lowest BCUT2D eigenvalue weighted by Gasteiger charge is -2.09. The molecule has 1 heterocycles. The van der Waals surface area contributed by atoms with Gasteiger partial charge in [0, 0.05) is 19.3 Å². The molecule has 6 nitrogen and oxygen atoms in total. The van der Waals surface area contributed by atoms with Crippen molar-refractivity contribution >= 4 is 17.3 Å². The monoisotopic (exact) mass is 274 g/mol. The molecule has 0 saturated carbocycles. The predicted octanol–water partition coefficient (Wildman–Crippen LogP) is 1.88. The van der Waals surface area contributed by atoms with Crippen LogP contribution < -0.4 is 11.1 Å². The molecule has 1 amide bonds. The molecule has 1 aromatic carbocycles. The zero-order valence-electron chi connectivity index (χ0n) is 11.6. The average molecular weight is 274 g/mol. The Kier molecular flexibility index (Phi) is 4.37. The number of hydrogen-bond donors (Lipinski definition) is 2. The molecule has 0 radical (unpaired) electrons. The predicted molar refractivity (Wildman–Crippen MR) is 77.4 cm³/mol. The van der Waals surface area contributed by atoms with Crippen molar-refractivity contribution in [1.29, 1.82) is 0 Å². The SMILES string of the molecule is CCn1ncc(N)c1C(=O)Nc1cccc(COC)c1. The molecule has 0 unspecified atom stereocenters. The normalized spacial score (nSPS) is 10.5. The lowest BCUT2D eigenvalue weighted by Crippen LogP contribution is -2.18. The number of aryl methyl sites for hydroxylation is 1. The Labute approximate surface area is 117 Å². The highest BCUT2D eigenvalue weighted by atomic mass is 16.5. The summed E-state index contributed by atoms with van der Waals surface area (Å²) >= 11 is 0. The number of aromatic nitrogens is 2. The summed E-state index contributed by atoms with van der Waals surface area (Å²) in [5.74, 6) is -0.267. The number of nitrogens with one attached hydrogen (secondary N) is 1. The average Bonchev–Trinajstić information content (AvgIpc) is 2.80. The summed E-state index contributed by atoms with van der Waals surface area (Å²) in [4.78, 5) is 12.3. The van der Waals surface area contributed by atoms with Crippen molar-refractivity contribution in [3.63, 3.8) is 0 Å². The van der Waals surface area contributed by atoms with Crippen LogP contribution >= 0.6 is 0 Å². The van der Waals surface area contributed by atoms with E-state index >= 15 is 0 Å². The molecule has 0 atom stereocenters. The second-order valence-corrected chi connectivity index (χ2v) is 4.35. The molecule has 0 aliphatic heterocycles. The van der Waals surface area contributed by atoms with Gasteiger partial charge in [-0.2, -0.15) is 5.10 Å². The molecule has 0 aliphatic rings. The highest BCUT2D eigenvalue weighted by molar-refractivity contribution is 6.06. The first-order valence-corrected chi connectivity index (χ1v) is 6.36. The largest absolute Gasteiger partial charge is 0.396 e. The van der Waals surface area contributed by atoms with Crippen LogP contribution in [0.2, 0.25) is 0 Å². The minimum absolute atomic E-state index is 0.267. The highest BCUT2D eigenvalue weighted by Gasteiger charge is 2.16. The fourth-order valence-electron chi connectivity index (χ4n) is 1.98. The number of ether oxygens (including phenoxy) is 1. The number of hydrogen-bond acceptors (Lipinski definition) is 4. The van der Waals surface area contributed by atoms with Gasteiger partial charge in [0.1, 0.15) is 5.69 Å². The maximum absolute atomic E-state index is 12.3. The van der Waals surface area contributed by atoms with Crippen LogP contribution in [0.4, 0.5) is 11.4 Å². The van der Waals surface area contributed by atoms with Gasteiger partial charge in [-0.1, -0.05) is 12.1 Å². The number of amides is 1. The minimum atomic E-state index is -0.267. The number of methoxy groups -OCH3 is 1. The molecule has 6 heteroatoms. The van der Waals surface area contributed by atoms with Crippen LogP contribution in [0.25, 0.3) is 0 Å². The number of carbonyl (C=O) groups is 1. The first-order valence-electron chi connectivity index (χ1n) is 6.36. The first kappa shape index (κ1) is 14.1. The van der Waals surface area contributed by atoms with E-state index in [9.17, 15) is 4.79 Å². The first-order chi connectivity index (χ1) is 9.65. The van der Waals surface area contributed by atoms with E-state index in [1.54, 1.807) is 11.8 Å². The third-order valence-corrected chi connectivity index (χ3v) is 2.88. The van der Waals surface area contributed by atoms with Crippen LogP contribution in [0.5, 0.6) is 0 Å². The Balaban J connectivity index is 2.19. The molecule has 106 valence electrons. The molecule has 0 saturated heterocycles. The van der Waals surface area contributed by atoms with E-state index in [-0.39, 0.29) is 5.91 Å². The Hall–Kier alpha value is -2.34. The van der Waals surface area contributed by atoms with Crippen LogP contribution in [-0.2, 0) is 17.9 Å². The Morgan fingerprint density at radius 1 is 1.50 bits per heavy atom. The molecule has 0 spiro atoms. The van der Waals surface area contributed by atoms with Crippen molar-refractivity contribution < 1.29 is 9.53 Å². The van der Waals surface area contributed by atoms with Gasteiger partial charge in [-0.3, -0.25) is 9.48 Å². The maximum atomic E-state index is 12.3. The van der Waals surface area contributed by atoms with Gasteiger partial charge in [0.2, 0.25) is 0 Å². The Morgan fingerprint density at radius 2 is 2.30 bits per heavy atom. The van der Waals surface area contributed by atoms with Crippen molar-refractivity contribution in [1.82, 2.24) is 9.78 Å². The summed E-state index contributed by atoms with van der Waals surface area (Å²) in [6.45, 7) is 2.99. The van der Waals surface area contributed by atoms with Crippen molar-refractivity contribution in [2.75, 3.05) is 18.2 Å². The van der Waals surface area contributed by atoms with Gasteiger partial charge >= 0.3 is 0 Å². The van der Waals surface area contributed by atoms with Crippen molar-refractivity contribution in [2.45, 2.75) is 20.1 Å². The maximum Gasteiger partial charge on any atom is 0.276 e. The number of nitrogens with zero attached hydrogens (tertiary/aromatic N) is 2. The molecule has 3 N–H and O–H groups in total. The third kappa shape index (κ3) is 2.97. The van der Waals surface area contributed by atoms with E-state index in [1.165, 1.54) is 6.20 Å². The summed E-state index contributed by atoms with van der Waals surface area (Å²) in [7, 11) is 1.63. The van der Waals surface area contributed by atoms with E-state index in [4.69, 9.17) is 10.5 Å². The quantitative estimate of drug-likeness (QED) is 0.872.